The largest absolute Gasteiger partial charge is 0.507 e. The summed E-state index contributed by atoms with van der Waals surface area (Å²) in [4.78, 5) is 10.7. The van der Waals surface area contributed by atoms with Crippen molar-refractivity contribution in [1.82, 2.24) is 14.5 Å². The predicted molar refractivity (Wildman–Crippen MR) is 249 cm³/mol. The molecule has 0 bridgehead atoms. The summed E-state index contributed by atoms with van der Waals surface area (Å²) in [6.45, 7) is 17.7. The molecule has 4 heteroatoms. The Morgan fingerprint density at radius 1 is 0.559 bits per heavy atom. The Balaban J connectivity index is 1.42. The highest BCUT2D eigenvalue weighted by atomic mass is 16.3. The van der Waals surface area contributed by atoms with Gasteiger partial charge in [0.05, 0.1) is 28.0 Å². The summed E-state index contributed by atoms with van der Waals surface area (Å²) < 4.78 is 2.33. The predicted octanol–water partition coefficient (Wildman–Crippen LogP) is 14.8. The summed E-state index contributed by atoms with van der Waals surface area (Å²) in [6.07, 6.45) is 1.97. The van der Waals surface area contributed by atoms with Crippen LogP contribution in [0.5, 0.6) is 5.75 Å². The molecule has 59 heavy (non-hydrogen) atoms. The molecule has 9 aromatic rings. The first-order chi connectivity index (χ1) is 28.3. The average Bonchev–Trinajstić information content (AvgIpc) is 3.61. The molecule has 0 spiro atoms. The Hall–Kier alpha value is -6.52. The lowest BCUT2D eigenvalue weighted by Crippen LogP contribution is -2.17. The number of phenolic OH excluding ortho intramolecular Hbond substituents is 1. The van der Waals surface area contributed by atoms with Crippen molar-refractivity contribution in [3.8, 4) is 56.3 Å². The third-order valence-corrected chi connectivity index (χ3v) is 11.8. The molecule has 0 fully saturated rings. The minimum Gasteiger partial charge on any atom is -0.507 e. The first kappa shape index (κ1) is 38.0. The molecule has 0 aliphatic rings. The van der Waals surface area contributed by atoms with Gasteiger partial charge in [-0.25, -0.2) is 4.98 Å². The fourth-order valence-corrected chi connectivity index (χ4v) is 8.58. The molecule has 0 aliphatic carbocycles. The molecule has 0 saturated heterocycles. The normalized spacial score (nSPS) is 12.3. The van der Waals surface area contributed by atoms with Crippen molar-refractivity contribution in [2.45, 2.75) is 72.1 Å². The molecule has 0 saturated carbocycles. The molecule has 0 radical (unpaired) electrons. The van der Waals surface area contributed by atoms with Crippen LogP contribution in [0.15, 0.2) is 152 Å². The van der Waals surface area contributed by atoms with Gasteiger partial charge in [0.1, 0.15) is 11.6 Å². The van der Waals surface area contributed by atoms with Gasteiger partial charge >= 0.3 is 0 Å². The topological polar surface area (TPSA) is 50.9 Å². The second-order valence-electron chi connectivity index (χ2n) is 18.3. The van der Waals surface area contributed by atoms with E-state index in [1.165, 1.54) is 5.56 Å². The fourth-order valence-electron chi connectivity index (χ4n) is 8.58. The fraction of sp³-hybridized carbons (Fsp3) is 0.200. The van der Waals surface area contributed by atoms with Gasteiger partial charge in [-0.2, -0.15) is 0 Å². The van der Waals surface area contributed by atoms with E-state index >= 15 is 0 Å². The maximum absolute atomic E-state index is 12.5. The van der Waals surface area contributed by atoms with Crippen molar-refractivity contribution in [2.24, 2.45) is 0 Å². The molecule has 2 heterocycles. The number of para-hydroxylation sites is 2. The number of pyridine rings is 1. The number of fused-ring (bicyclic) bond motifs is 3. The quantitative estimate of drug-likeness (QED) is 0.183. The van der Waals surface area contributed by atoms with Crippen LogP contribution in [0.3, 0.4) is 0 Å². The van der Waals surface area contributed by atoms with Crippen LogP contribution in [0, 0.1) is 0 Å². The third-order valence-electron chi connectivity index (χ3n) is 11.8. The summed E-state index contributed by atoms with van der Waals surface area (Å²) >= 11 is 0. The molecule has 1 N–H and O–H groups in total. The standard InChI is InChI=1S/C55H51N3O/c1-34(2)41-24-16-25-43(35-18-10-9-11-19-35)51(41)58-49-27-17-26-44(50(49)57-53(58)46-31-40(54(3,4)5)32-47(52(46)59)55(6,7)8)45-29-39(28-37-21-14-15-23-42(37)45)48-30-36-20-12-13-22-38(36)33-56-48/h9-34,59H,1-8H3. The van der Waals surface area contributed by atoms with Gasteiger partial charge in [-0.1, -0.05) is 171 Å². The van der Waals surface area contributed by atoms with Crippen LogP contribution in [0.1, 0.15) is 78.0 Å². The van der Waals surface area contributed by atoms with E-state index in [4.69, 9.17) is 9.97 Å². The van der Waals surface area contributed by atoms with Crippen LogP contribution in [0.4, 0.5) is 0 Å². The lowest BCUT2D eigenvalue weighted by molar-refractivity contribution is 0.446. The van der Waals surface area contributed by atoms with Gasteiger partial charge in [-0.05, 0) is 85.5 Å². The molecule has 4 nitrogen and oxygen atoms in total. The maximum Gasteiger partial charge on any atom is 0.149 e. The minimum absolute atomic E-state index is 0.175. The monoisotopic (exact) mass is 769 g/mol. The Kier molecular flexibility index (Phi) is 9.27. The average molecular weight is 770 g/mol. The number of phenols is 1. The molecule has 292 valence electrons. The summed E-state index contributed by atoms with van der Waals surface area (Å²) in [6, 6.07) is 51.8. The van der Waals surface area contributed by atoms with E-state index in [0.29, 0.717) is 5.82 Å². The summed E-state index contributed by atoms with van der Waals surface area (Å²) in [5.41, 5.74) is 12.7. The highest BCUT2D eigenvalue weighted by Crippen LogP contribution is 2.47. The molecule has 2 aromatic heterocycles. The van der Waals surface area contributed by atoms with E-state index in [2.05, 4.69) is 206 Å². The second-order valence-corrected chi connectivity index (χ2v) is 18.3. The summed E-state index contributed by atoms with van der Waals surface area (Å²) in [5.74, 6) is 1.18. The highest BCUT2D eigenvalue weighted by molar-refractivity contribution is 6.07. The first-order valence-electron chi connectivity index (χ1n) is 20.7. The van der Waals surface area contributed by atoms with Gasteiger partial charge in [-0.3, -0.25) is 9.55 Å². The number of benzene rings is 7. The molecule has 9 rings (SSSR count). The Labute approximate surface area is 347 Å². The van der Waals surface area contributed by atoms with E-state index in [9.17, 15) is 5.11 Å². The van der Waals surface area contributed by atoms with E-state index in [1.54, 1.807) is 0 Å². The van der Waals surface area contributed by atoms with Crippen molar-refractivity contribution in [2.75, 3.05) is 0 Å². The molecule has 0 amide bonds. The Morgan fingerprint density at radius 3 is 1.97 bits per heavy atom. The van der Waals surface area contributed by atoms with Crippen molar-refractivity contribution in [3.63, 3.8) is 0 Å². The molecule has 0 aliphatic heterocycles. The minimum atomic E-state index is -0.316. The molecule has 0 unspecified atom stereocenters. The van der Waals surface area contributed by atoms with Crippen LogP contribution in [-0.2, 0) is 10.8 Å². The number of nitrogens with zero attached hydrogens (tertiary/aromatic N) is 3. The Bertz CT molecular complexity index is 3050. The van der Waals surface area contributed by atoms with Gasteiger partial charge in [0.25, 0.3) is 0 Å². The number of aromatic nitrogens is 3. The Morgan fingerprint density at radius 2 is 1.24 bits per heavy atom. The van der Waals surface area contributed by atoms with E-state index in [0.717, 1.165) is 88.5 Å². The third kappa shape index (κ3) is 6.77. The smallest absolute Gasteiger partial charge is 0.149 e. The lowest BCUT2D eigenvalue weighted by atomic mass is 9.79. The van der Waals surface area contributed by atoms with E-state index in [1.807, 2.05) is 6.20 Å². The van der Waals surface area contributed by atoms with Crippen LogP contribution < -0.4 is 0 Å². The van der Waals surface area contributed by atoms with Crippen LogP contribution in [-0.4, -0.2) is 19.6 Å². The van der Waals surface area contributed by atoms with Crippen LogP contribution in [0.2, 0.25) is 0 Å². The zero-order valence-corrected chi connectivity index (χ0v) is 35.3. The summed E-state index contributed by atoms with van der Waals surface area (Å²) in [5, 5.41) is 17.1. The number of aromatic hydroxyl groups is 1. The molecular formula is C55H51N3O. The molecule has 7 aromatic carbocycles. The van der Waals surface area contributed by atoms with Crippen molar-refractivity contribution in [3.05, 3.63) is 168 Å². The van der Waals surface area contributed by atoms with Crippen molar-refractivity contribution < 1.29 is 5.11 Å². The van der Waals surface area contributed by atoms with Gasteiger partial charge in [0.2, 0.25) is 0 Å². The zero-order chi connectivity index (χ0) is 41.2. The maximum atomic E-state index is 12.5. The number of rotatable bonds is 6. The lowest BCUT2D eigenvalue weighted by Gasteiger charge is -2.28. The highest BCUT2D eigenvalue weighted by Gasteiger charge is 2.30. The van der Waals surface area contributed by atoms with E-state index < -0.39 is 0 Å². The van der Waals surface area contributed by atoms with Crippen LogP contribution >= 0.6 is 0 Å². The second kappa shape index (κ2) is 14.4. The van der Waals surface area contributed by atoms with Crippen molar-refractivity contribution >= 4 is 32.6 Å². The molecular weight excluding hydrogens is 719 g/mol. The van der Waals surface area contributed by atoms with Crippen molar-refractivity contribution in [1.29, 1.82) is 0 Å². The SMILES string of the molecule is CC(C)c1cccc(-c2ccccc2)c1-n1c(-c2cc(C(C)(C)C)cc(C(C)(C)C)c2O)nc2c(-c3cc(-c4cc5ccccc5cn4)cc4ccccc34)cccc21. The summed E-state index contributed by atoms with van der Waals surface area (Å²) in [7, 11) is 0. The number of hydrogen-bond acceptors (Lipinski definition) is 3. The van der Waals surface area contributed by atoms with Gasteiger partial charge in [-0.15, -0.1) is 0 Å². The number of imidazole rings is 1. The van der Waals surface area contributed by atoms with Gasteiger partial charge < -0.3 is 5.11 Å². The molecule has 0 atom stereocenters. The number of hydrogen-bond donors (Lipinski definition) is 1. The van der Waals surface area contributed by atoms with E-state index in [-0.39, 0.29) is 22.5 Å². The van der Waals surface area contributed by atoms with Gasteiger partial charge in [0.15, 0.2) is 0 Å². The first-order valence-corrected chi connectivity index (χ1v) is 20.7. The van der Waals surface area contributed by atoms with Crippen LogP contribution in [0.25, 0.3) is 83.2 Å². The zero-order valence-electron chi connectivity index (χ0n) is 35.3. The van der Waals surface area contributed by atoms with Gasteiger partial charge in [0, 0.05) is 33.8 Å².